The van der Waals surface area contributed by atoms with E-state index in [0.717, 1.165) is 48.1 Å². The van der Waals surface area contributed by atoms with E-state index in [2.05, 4.69) is 18.8 Å². The summed E-state index contributed by atoms with van der Waals surface area (Å²) in [5.74, 6) is -0.358. The van der Waals surface area contributed by atoms with Gasteiger partial charge in [-0.15, -0.1) is 0 Å². The Morgan fingerprint density at radius 1 is 1.04 bits per heavy atom. The van der Waals surface area contributed by atoms with Crippen LogP contribution in [-0.4, -0.2) is 13.4 Å². The van der Waals surface area contributed by atoms with Gasteiger partial charge in [0.05, 0.1) is 16.8 Å². The number of halogens is 1. The van der Waals surface area contributed by atoms with Crippen molar-refractivity contribution in [1.82, 2.24) is 4.98 Å². The normalized spacial score (nSPS) is 16.9. The second-order valence-corrected chi connectivity index (χ2v) is 8.51. The first-order valence-corrected chi connectivity index (χ1v) is 10.3. The first-order valence-electron chi connectivity index (χ1n) is 8.75. The number of hydrogen-bond acceptors (Lipinski definition) is 3. The molecule has 1 aliphatic carbocycles. The smallest absolute Gasteiger partial charge is 0.238 e. The maximum atomic E-state index is 13.3. The van der Waals surface area contributed by atoms with Crippen molar-refractivity contribution in [2.45, 2.75) is 44.4 Å². The van der Waals surface area contributed by atoms with Crippen LogP contribution in [0.25, 0.3) is 11.1 Å². The number of nitrogens with two attached hydrogens (primary N) is 1. The van der Waals surface area contributed by atoms with Crippen LogP contribution in [0.5, 0.6) is 0 Å². The van der Waals surface area contributed by atoms with E-state index in [-0.39, 0.29) is 16.1 Å². The predicted molar refractivity (Wildman–Crippen MR) is 101 cm³/mol. The quantitative estimate of drug-likeness (QED) is 0.844. The highest BCUT2D eigenvalue weighted by Gasteiger charge is 2.37. The van der Waals surface area contributed by atoms with Crippen LogP contribution < -0.4 is 5.14 Å². The predicted octanol–water partition coefficient (Wildman–Crippen LogP) is 4.38. The van der Waals surface area contributed by atoms with Crippen LogP contribution in [0.2, 0.25) is 0 Å². The molecule has 1 aromatic heterocycles. The summed E-state index contributed by atoms with van der Waals surface area (Å²) < 4.78 is 36.3. The molecule has 6 heteroatoms. The third-order valence-electron chi connectivity index (χ3n) is 5.54. The molecular weight excluding hydrogens is 351 g/mol. The lowest BCUT2D eigenvalue weighted by atomic mass is 9.78. The topological polar surface area (TPSA) is 73.1 Å². The standard InChI is InChI=1S/C20H23FN2O2S/c1-3-20(4-2)11-17(14-5-8-16(9-6-14)26(22,24)25)18(12-20)19-10-7-15(21)13-23-19/h5-10,13H,3-4,11-12H2,1-2H3,(H2,22,24,25). The molecule has 0 spiro atoms. The van der Waals surface area contributed by atoms with E-state index < -0.39 is 10.0 Å². The van der Waals surface area contributed by atoms with Crippen molar-refractivity contribution in [2.75, 3.05) is 0 Å². The lowest BCUT2D eigenvalue weighted by molar-refractivity contribution is 0.291. The first-order chi connectivity index (χ1) is 12.3. The Balaban J connectivity index is 2.09. The van der Waals surface area contributed by atoms with E-state index in [1.54, 1.807) is 18.2 Å². The van der Waals surface area contributed by atoms with Gasteiger partial charge < -0.3 is 0 Å². The Morgan fingerprint density at radius 3 is 2.15 bits per heavy atom. The number of hydrogen-bond donors (Lipinski definition) is 1. The van der Waals surface area contributed by atoms with Crippen molar-refractivity contribution in [1.29, 1.82) is 0 Å². The molecule has 0 bridgehead atoms. The van der Waals surface area contributed by atoms with Gasteiger partial charge >= 0.3 is 0 Å². The number of rotatable bonds is 5. The van der Waals surface area contributed by atoms with Crippen LogP contribution in [0.3, 0.4) is 0 Å². The van der Waals surface area contributed by atoms with Gasteiger partial charge in [0.15, 0.2) is 0 Å². The lowest BCUT2D eigenvalue weighted by Crippen LogP contribution is -2.14. The number of primary sulfonamides is 1. The molecule has 0 atom stereocenters. The maximum Gasteiger partial charge on any atom is 0.238 e. The van der Waals surface area contributed by atoms with Crippen molar-refractivity contribution in [2.24, 2.45) is 10.6 Å². The molecule has 3 rings (SSSR count). The Bertz CT molecular complexity index is 929. The van der Waals surface area contributed by atoms with E-state index in [0.29, 0.717) is 0 Å². The Morgan fingerprint density at radius 2 is 1.65 bits per heavy atom. The zero-order valence-electron chi connectivity index (χ0n) is 15.0. The molecule has 2 aromatic rings. The molecule has 4 nitrogen and oxygen atoms in total. The van der Waals surface area contributed by atoms with E-state index in [1.165, 1.54) is 24.4 Å². The van der Waals surface area contributed by atoms with Gasteiger partial charge in [0, 0.05) is 0 Å². The average molecular weight is 374 g/mol. The van der Waals surface area contributed by atoms with Gasteiger partial charge in [-0.1, -0.05) is 26.0 Å². The zero-order chi connectivity index (χ0) is 18.9. The number of nitrogens with zero attached hydrogens (tertiary/aromatic N) is 1. The van der Waals surface area contributed by atoms with Gasteiger partial charge in [-0.05, 0) is 72.1 Å². The van der Waals surface area contributed by atoms with Gasteiger partial charge in [0.25, 0.3) is 0 Å². The minimum absolute atomic E-state index is 0.0959. The largest absolute Gasteiger partial charge is 0.254 e. The molecule has 1 heterocycles. The molecule has 0 fully saturated rings. The molecule has 0 saturated carbocycles. The molecular formula is C20H23FN2O2S. The van der Waals surface area contributed by atoms with Crippen molar-refractivity contribution < 1.29 is 12.8 Å². The fourth-order valence-corrected chi connectivity index (χ4v) is 4.21. The van der Waals surface area contributed by atoms with Crippen molar-refractivity contribution >= 4 is 21.2 Å². The van der Waals surface area contributed by atoms with Crippen molar-refractivity contribution in [3.8, 4) is 0 Å². The summed E-state index contributed by atoms with van der Waals surface area (Å²) in [5, 5.41) is 5.19. The van der Waals surface area contributed by atoms with Gasteiger partial charge in [-0.2, -0.15) is 0 Å². The second-order valence-electron chi connectivity index (χ2n) is 6.95. The number of allylic oxidation sites excluding steroid dienone is 2. The summed E-state index contributed by atoms with van der Waals surface area (Å²) in [6.45, 7) is 4.37. The number of pyridine rings is 1. The summed E-state index contributed by atoms with van der Waals surface area (Å²) in [7, 11) is -3.72. The van der Waals surface area contributed by atoms with Crippen LogP contribution in [0.4, 0.5) is 4.39 Å². The van der Waals surface area contributed by atoms with E-state index in [4.69, 9.17) is 5.14 Å². The minimum atomic E-state index is -3.72. The summed E-state index contributed by atoms with van der Waals surface area (Å²) in [6.07, 6.45) is 5.08. The monoisotopic (exact) mass is 374 g/mol. The molecule has 0 radical (unpaired) electrons. The molecule has 26 heavy (non-hydrogen) atoms. The molecule has 138 valence electrons. The maximum absolute atomic E-state index is 13.3. The lowest BCUT2D eigenvalue weighted by Gasteiger charge is -2.26. The summed E-state index contributed by atoms with van der Waals surface area (Å²) in [5.41, 5.74) is 4.15. The molecule has 0 saturated heterocycles. The van der Waals surface area contributed by atoms with E-state index in [1.807, 2.05) is 0 Å². The van der Waals surface area contributed by atoms with Gasteiger partial charge in [0.1, 0.15) is 5.82 Å². The number of sulfonamides is 1. The fourth-order valence-electron chi connectivity index (χ4n) is 3.70. The van der Waals surface area contributed by atoms with E-state index in [9.17, 15) is 12.8 Å². The Kier molecular flexibility index (Phi) is 4.99. The van der Waals surface area contributed by atoms with Crippen LogP contribution in [0.15, 0.2) is 47.5 Å². The first kappa shape index (κ1) is 18.7. The summed E-state index contributed by atoms with van der Waals surface area (Å²) in [6, 6.07) is 9.79. The third-order valence-corrected chi connectivity index (χ3v) is 6.46. The van der Waals surface area contributed by atoms with Crippen molar-refractivity contribution in [3.05, 3.63) is 59.7 Å². The van der Waals surface area contributed by atoms with Crippen LogP contribution >= 0.6 is 0 Å². The van der Waals surface area contributed by atoms with Crippen molar-refractivity contribution in [3.63, 3.8) is 0 Å². The Hall–Kier alpha value is -2.05. The highest BCUT2D eigenvalue weighted by atomic mass is 32.2. The molecule has 0 amide bonds. The third kappa shape index (κ3) is 3.57. The highest BCUT2D eigenvalue weighted by molar-refractivity contribution is 7.89. The summed E-state index contributed by atoms with van der Waals surface area (Å²) >= 11 is 0. The second kappa shape index (κ2) is 6.93. The van der Waals surface area contributed by atoms with Crippen LogP contribution in [0.1, 0.15) is 50.8 Å². The zero-order valence-corrected chi connectivity index (χ0v) is 15.8. The molecule has 0 aliphatic heterocycles. The van der Waals surface area contributed by atoms with Crippen LogP contribution in [0, 0.1) is 11.2 Å². The summed E-state index contributed by atoms with van der Waals surface area (Å²) in [4.78, 5) is 4.37. The van der Waals surface area contributed by atoms with E-state index >= 15 is 0 Å². The molecule has 1 aliphatic rings. The van der Waals surface area contributed by atoms with Gasteiger partial charge in [0.2, 0.25) is 10.0 Å². The van der Waals surface area contributed by atoms with Crippen LogP contribution in [-0.2, 0) is 10.0 Å². The van der Waals surface area contributed by atoms with Gasteiger partial charge in [-0.25, -0.2) is 17.9 Å². The minimum Gasteiger partial charge on any atom is -0.254 e. The SMILES string of the molecule is CCC1(CC)CC(c2ccc(S(N)(=O)=O)cc2)=C(c2ccc(F)cn2)C1. The molecule has 2 N–H and O–H groups in total. The highest BCUT2D eigenvalue weighted by Crippen LogP contribution is 2.53. The average Bonchev–Trinajstić information content (AvgIpc) is 3.02. The van der Waals surface area contributed by atoms with Gasteiger partial charge in [-0.3, -0.25) is 4.98 Å². The molecule has 1 aromatic carbocycles. The fraction of sp³-hybridized carbons (Fsp3) is 0.350. The number of benzene rings is 1. The molecule has 0 unspecified atom stereocenters. The Labute approximate surface area is 154 Å². The number of aromatic nitrogens is 1.